The first-order valence-corrected chi connectivity index (χ1v) is 12.6. The summed E-state index contributed by atoms with van der Waals surface area (Å²) < 4.78 is 7.32. The third-order valence-electron chi connectivity index (χ3n) is 6.98. The molecule has 190 valence electrons. The molecule has 10 heteroatoms. The van der Waals surface area contributed by atoms with Crippen molar-refractivity contribution in [2.45, 2.75) is 32.4 Å². The summed E-state index contributed by atoms with van der Waals surface area (Å²) in [5.41, 5.74) is 2.85. The number of rotatable bonds is 6. The number of carbonyl (C=O) groups excluding carboxylic acids is 2. The van der Waals surface area contributed by atoms with Gasteiger partial charge in [-0.1, -0.05) is 12.1 Å². The number of hydrogen-bond acceptors (Lipinski definition) is 7. The molecule has 2 aliphatic heterocycles. The molecule has 4 heterocycles. The van der Waals surface area contributed by atoms with Crippen LogP contribution in [0.2, 0.25) is 0 Å². The third kappa shape index (κ3) is 4.91. The number of likely N-dealkylation sites (N-methyl/N-ethyl adjacent to an activating group) is 1. The molecule has 0 aliphatic carbocycles. The highest BCUT2D eigenvalue weighted by Gasteiger charge is 2.25. The molecule has 0 radical (unpaired) electrons. The Labute approximate surface area is 210 Å². The fraction of sp³-hybridized carbons (Fsp3) is 0.462. The van der Waals surface area contributed by atoms with Gasteiger partial charge in [-0.05, 0) is 38.9 Å². The van der Waals surface area contributed by atoms with Crippen LogP contribution in [0.25, 0.3) is 11.0 Å². The Morgan fingerprint density at radius 3 is 2.56 bits per heavy atom. The molecule has 2 saturated heterocycles. The molecule has 5 rings (SSSR count). The number of nitrogens with zero attached hydrogens (tertiary/aromatic N) is 5. The standard InChI is InChI=1S/C26H33N7O3/c1-3-33-24-20(17-28-33)23(29-18-8-14-36-15-9-18)21(16-27-24)25(34)30-22-7-5-4-6-19(22)26(35)32-12-10-31(2)11-13-32/h4-7,16-18H,3,8-15H2,1-2H3,(H,27,29)(H,30,34). The van der Waals surface area contributed by atoms with Crippen LogP contribution in [0.4, 0.5) is 11.4 Å². The van der Waals surface area contributed by atoms with E-state index in [4.69, 9.17) is 4.74 Å². The van der Waals surface area contributed by atoms with E-state index in [-0.39, 0.29) is 17.9 Å². The molecule has 36 heavy (non-hydrogen) atoms. The Morgan fingerprint density at radius 2 is 1.81 bits per heavy atom. The summed E-state index contributed by atoms with van der Waals surface area (Å²) in [6, 6.07) is 7.37. The van der Waals surface area contributed by atoms with Crippen LogP contribution in [0.1, 0.15) is 40.5 Å². The second-order valence-electron chi connectivity index (χ2n) is 9.37. The summed E-state index contributed by atoms with van der Waals surface area (Å²) in [4.78, 5) is 35.5. The Kier molecular flexibility index (Phi) is 7.15. The molecule has 1 aromatic carbocycles. The molecule has 2 aliphatic rings. The van der Waals surface area contributed by atoms with Gasteiger partial charge in [0.05, 0.1) is 34.1 Å². The number of fused-ring (bicyclic) bond motifs is 1. The molecule has 0 atom stereocenters. The van der Waals surface area contributed by atoms with Crippen LogP contribution in [0, 0.1) is 0 Å². The largest absolute Gasteiger partial charge is 0.381 e. The van der Waals surface area contributed by atoms with Crippen molar-refractivity contribution in [3.8, 4) is 0 Å². The van der Waals surface area contributed by atoms with Crippen molar-refractivity contribution in [1.82, 2.24) is 24.6 Å². The number of benzene rings is 1. The highest BCUT2D eigenvalue weighted by molar-refractivity contribution is 6.14. The van der Waals surface area contributed by atoms with Crippen LogP contribution in [0.5, 0.6) is 0 Å². The number of para-hydroxylation sites is 1. The second kappa shape index (κ2) is 10.6. The predicted molar refractivity (Wildman–Crippen MR) is 138 cm³/mol. The number of hydrogen-bond donors (Lipinski definition) is 2. The molecular formula is C26H33N7O3. The van der Waals surface area contributed by atoms with Gasteiger partial charge in [-0.2, -0.15) is 5.10 Å². The van der Waals surface area contributed by atoms with Gasteiger partial charge in [0.2, 0.25) is 0 Å². The molecule has 0 bridgehead atoms. The van der Waals surface area contributed by atoms with E-state index in [9.17, 15) is 9.59 Å². The fourth-order valence-electron chi connectivity index (χ4n) is 4.78. The number of piperazine rings is 1. The van der Waals surface area contributed by atoms with Gasteiger partial charge in [-0.15, -0.1) is 0 Å². The van der Waals surface area contributed by atoms with Gasteiger partial charge >= 0.3 is 0 Å². The molecular weight excluding hydrogens is 458 g/mol. The summed E-state index contributed by atoms with van der Waals surface area (Å²) in [5, 5.41) is 11.8. The van der Waals surface area contributed by atoms with E-state index in [1.165, 1.54) is 0 Å². The first-order chi connectivity index (χ1) is 17.5. The van der Waals surface area contributed by atoms with E-state index in [0.717, 1.165) is 37.0 Å². The van der Waals surface area contributed by atoms with Crippen LogP contribution >= 0.6 is 0 Å². The Morgan fingerprint density at radius 1 is 1.06 bits per heavy atom. The average molecular weight is 492 g/mol. The van der Waals surface area contributed by atoms with E-state index in [0.29, 0.717) is 55.3 Å². The minimum Gasteiger partial charge on any atom is -0.381 e. The number of pyridine rings is 1. The van der Waals surface area contributed by atoms with Gasteiger partial charge in [0.15, 0.2) is 5.65 Å². The molecule has 0 saturated carbocycles. The number of amides is 2. The molecule has 10 nitrogen and oxygen atoms in total. The summed E-state index contributed by atoms with van der Waals surface area (Å²) in [6.07, 6.45) is 5.07. The molecule has 2 N–H and O–H groups in total. The Hall–Kier alpha value is -3.50. The normalized spacial score (nSPS) is 17.3. The van der Waals surface area contributed by atoms with E-state index in [2.05, 4.69) is 32.7 Å². The van der Waals surface area contributed by atoms with E-state index in [1.54, 1.807) is 24.5 Å². The number of aryl methyl sites for hydroxylation is 1. The Bertz CT molecular complexity index is 1240. The molecule has 0 spiro atoms. The molecule has 2 aromatic heterocycles. The van der Waals surface area contributed by atoms with Gasteiger partial charge in [0.1, 0.15) is 0 Å². The van der Waals surface area contributed by atoms with Crippen LogP contribution in [0.3, 0.4) is 0 Å². The van der Waals surface area contributed by atoms with Crippen LogP contribution in [0.15, 0.2) is 36.7 Å². The average Bonchev–Trinajstić information content (AvgIpc) is 3.33. The molecule has 0 unspecified atom stereocenters. The van der Waals surface area contributed by atoms with Crippen molar-refractivity contribution in [3.63, 3.8) is 0 Å². The van der Waals surface area contributed by atoms with Gasteiger partial charge < -0.3 is 25.2 Å². The van der Waals surface area contributed by atoms with Crippen LogP contribution < -0.4 is 10.6 Å². The van der Waals surface area contributed by atoms with Crippen molar-refractivity contribution in [3.05, 3.63) is 47.8 Å². The monoisotopic (exact) mass is 491 g/mol. The van der Waals surface area contributed by atoms with Crippen molar-refractivity contribution < 1.29 is 14.3 Å². The van der Waals surface area contributed by atoms with Gasteiger partial charge in [-0.3, -0.25) is 9.59 Å². The topological polar surface area (TPSA) is 105 Å². The molecule has 3 aromatic rings. The van der Waals surface area contributed by atoms with Crippen molar-refractivity contribution in [2.75, 3.05) is 57.1 Å². The number of aromatic nitrogens is 3. The number of nitrogens with one attached hydrogen (secondary N) is 2. The second-order valence-corrected chi connectivity index (χ2v) is 9.37. The lowest BCUT2D eigenvalue weighted by molar-refractivity contribution is 0.0665. The maximum Gasteiger partial charge on any atom is 0.259 e. The SMILES string of the molecule is CCn1ncc2c(NC3CCOCC3)c(C(=O)Nc3ccccc3C(=O)N3CCN(C)CC3)cnc21. The van der Waals surface area contributed by atoms with Gasteiger partial charge in [0.25, 0.3) is 11.8 Å². The quantitative estimate of drug-likeness (QED) is 0.546. The number of ether oxygens (including phenoxy) is 1. The van der Waals surface area contributed by atoms with E-state index < -0.39 is 0 Å². The highest BCUT2D eigenvalue weighted by atomic mass is 16.5. The predicted octanol–water partition coefficient (Wildman–Crippen LogP) is 2.68. The minimum atomic E-state index is -0.318. The van der Waals surface area contributed by atoms with E-state index >= 15 is 0 Å². The summed E-state index contributed by atoms with van der Waals surface area (Å²) >= 11 is 0. The van der Waals surface area contributed by atoms with Crippen molar-refractivity contribution >= 4 is 34.2 Å². The Balaban J connectivity index is 1.44. The first-order valence-electron chi connectivity index (χ1n) is 12.6. The highest BCUT2D eigenvalue weighted by Crippen LogP contribution is 2.29. The smallest absolute Gasteiger partial charge is 0.259 e. The summed E-state index contributed by atoms with van der Waals surface area (Å²) in [6.45, 7) is 7.05. The zero-order valence-corrected chi connectivity index (χ0v) is 20.9. The lowest BCUT2D eigenvalue weighted by Gasteiger charge is -2.32. The van der Waals surface area contributed by atoms with Gasteiger partial charge in [-0.25, -0.2) is 9.67 Å². The van der Waals surface area contributed by atoms with Crippen molar-refractivity contribution in [1.29, 1.82) is 0 Å². The maximum atomic E-state index is 13.6. The molecule has 2 amide bonds. The van der Waals surface area contributed by atoms with Gasteiger partial charge in [0, 0.05) is 58.2 Å². The number of anilines is 2. The fourth-order valence-corrected chi connectivity index (χ4v) is 4.78. The first kappa shape index (κ1) is 24.2. The van der Waals surface area contributed by atoms with Crippen molar-refractivity contribution in [2.24, 2.45) is 0 Å². The maximum absolute atomic E-state index is 13.6. The lowest BCUT2D eigenvalue weighted by Crippen LogP contribution is -2.47. The van der Waals surface area contributed by atoms with Crippen LogP contribution in [-0.2, 0) is 11.3 Å². The zero-order valence-electron chi connectivity index (χ0n) is 20.9. The third-order valence-corrected chi connectivity index (χ3v) is 6.98. The molecule has 2 fully saturated rings. The lowest BCUT2D eigenvalue weighted by atomic mass is 10.1. The summed E-state index contributed by atoms with van der Waals surface area (Å²) in [5.74, 6) is -0.390. The van der Waals surface area contributed by atoms with E-state index in [1.807, 2.05) is 28.6 Å². The minimum absolute atomic E-state index is 0.0719. The summed E-state index contributed by atoms with van der Waals surface area (Å²) in [7, 11) is 2.05. The zero-order chi connectivity index (χ0) is 25.1. The van der Waals surface area contributed by atoms with Crippen LogP contribution in [-0.4, -0.2) is 88.9 Å². The number of carbonyl (C=O) groups is 2.